The molecule has 0 saturated carbocycles. The molecule has 0 aliphatic rings. The van der Waals surface area contributed by atoms with E-state index < -0.39 is 6.10 Å². The summed E-state index contributed by atoms with van der Waals surface area (Å²) < 4.78 is 16.7. The summed E-state index contributed by atoms with van der Waals surface area (Å²) >= 11 is 0. The van der Waals surface area contributed by atoms with E-state index in [4.69, 9.17) is 14.2 Å². The van der Waals surface area contributed by atoms with Crippen molar-refractivity contribution in [3.05, 3.63) is 60.8 Å². The quantitative estimate of drug-likeness (QED) is 0.0200. The van der Waals surface area contributed by atoms with Gasteiger partial charge in [0.2, 0.25) is 0 Å². The van der Waals surface area contributed by atoms with Crippen molar-refractivity contribution in [3.63, 3.8) is 0 Å². The summed E-state index contributed by atoms with van der Waals surface area (Å²) in [6.45, 7) is 6.50. The van der Waals surface area contributed by atoms with Crippen LogP contribution < -0.4 is 0 Å². The molecular formula is C53H92O6. The van der Waals surface area contributed by atoms with E-state index in [0.29, 0.717) is 19.3 Å². The van der Waals surface area contributed by atoms with Crippen molar-refractivity contribution in [2.24, 2.45) is 0 Å². The fraction of sp³-hybridized carbons (Fsp3) is 0.755. The Morgan fingerprint density at radius 1 is 0.356 bits per heavy atom. The zero-order chi connectivity index (χ0) is 43.0. The maximum Gasteiger partial charge on any atom is 0.306 e. The average Bonchev–Trinajstić information content (AvgIpc) is 3.23. The number of rotatable bonds is 44. The molecular weight excluding hydrogens is 733 g/mol. The zero-order valence-electron chi connectivity index (χ0n) is 38.8. The summed E-state index contributed by atoms with van der Waals surface area (Å²) in [5.74, 6) is -1.00. The van der Waals surface area contributed by atoms with E-state index >= 15 is 0 Å². The van der Waals surface area contributed by atoms with Gasteiger partial charge in [-0.15, -0.1) is 0 Å². The second-order valence-electron chi connectivity index (χ2n) is 16.4. The van der Waals surface area contributed by atoms with Gasteiger partial charge in [-0.2, -0.15) is 0 Å². The lowest BCUT2D eigenvalue weighted by Crippen LogP contribution is -2.30. The average molecular weight is 825 g/mol. The molecule has 59 heavy (non-hydrogen) atoms. The Bertz CT molecular complexity index is 1090. The highest BCUT2D eigenvalue weighted by molar-refractivity contribution is 5.71. The molecule has 0 radical (unpaired) electrons. The van der Waals surface area contributed by atoms with E-state index in [1.807, 2.05) is 6.08 Å². The van der Waals surface area contributed by atoms with Crippen LogP contribution in [0.3, 0.4) is 0 Å². The first-order chi connectivity index (χ1) is 29.0. The lowest BCUT2D eigenvalue weighted by Gasteiger charge is -2.18. The third kappa shape index (κ3) is 46.0. The maximum atomic E-state index is 12.7. The van der Waals surface area contributed by atoms with Crippen LogP contribution in [0.4, 0.5) is 0 Å². The molecule has 1 unspecified atom stereocenters. The molecule has 0 aromatic rings. The Morgan fingerprint density at radius 3 is 1.17 bits per heavy atom. The van der Waals surface area contributed by atoms with Gasteiger partial charge in [0.25, 0.3) is 0 Å². The van der Waals surface area contributed by atoms with Crippen LogP contribution in [0.25, 0.3) is 0 Å². The molecule has 0 saturated heterocycles. The minimum atomic E-state index is -0.813. The summed E-state index contributed by atoms with van der Waals surface area (Å²) in [5.41, 5.74) is 0. The minimum absolute atomic E-state index is 0.108. The standard InChI is InChI=1S/C53H92O6/c1-4-7-10-13-16-19-22-24-25-26-27-28-30-31-34-37-40-43-46-52(55)58-49-50(48-57-51(54)45-42-39-36-33-21-18-15-12-9-6-3)59-53(56)47-44-41-38-35-32-29-23-20-17-14-11-8-5-2/h15,18,25-29,32,38,41,50H,4-14,16-17,19-24,30-31,33-37,39-40,42-49H2,1-3H3/b18-15-,26-25-,28-27-,32-29-,41-38-. The van der Waals surface area contributed by atoms with Crippen LogP contribution in [0.1, 0.15) is 239 Å². The Balaban J connectivity index is 4.43. The predicted molar refractivity (Wildman–Crippen MR) is 251 cm³/mol. The number of ether oxygens (including phenoxy) is 3. The van der Waals surface area contributed by atoms with Crippen molar-refractivity contribution in [2.45, 2.75) is 245 Å². The van der Waals surface area contributed by atoms with E-state index in [2.05, 4.69) is 75.5 Å². The summed E-state index contributed by atoms with van der Waals surface area (Å²) in [6, 6.07) is 0. The van der Waals surface area contributed by atoms with E-state index in [9.17, 15) is 14.4 Å². The largest absolute Gasteiger partial charge is 0.462 e. The topological polar surface area (TPSA) is 78.9 Å². The molecule has 0 rings (SSSR count). The number of carbonyl (C=O) groups excluding carboxylic acids is 3. The Kier molecular flexibility index (Phi) is 45.4. The first-order valence-corrected chi connectivity index (χ1v) is 24.8. The SMILES string of the molecule is CCCC/C=C\CCCCCCC(=O)OCC(COC(=O)CCCCCCC/C=C\C=C/CCCCCCCCC)OC(=O)CC/C=C\C/C=C\CCCCCCCC. The van der Waals surface area contributed by atoms with Gasteiger partial charge in [0, 0.05) is 19.3 Å². The Hall–Kier alpha value is -2.89. The number of hydrogen-bond acceptors (Lipinski definition) is 6. The van der Waals surface area contributed by atoms with Crippen LogP contribution in [-0.4, -0.2) is 37.2 Å². The third-order valence-electron chi connectivity index (χ3n) is 10.5. The molecule has 0 aromatic heterocycles. The highest BCUT2D eigenvalue weighted by Crippen LogP contribution is 2.13. The van der Waals surface area contributed by atoms with Crippen molar-refractivity contribution >= 4 is 17.9 Å². The summed E-state index contributed by atoms with van der Waals surface area (Å²) in [7, 11) is 0. The Labute approximate surface area is 364 Å². The molecule has 0 aliphatic carbocycles. The number of hydrogen-bond donors (Lipinski definition) is 0. The summed E-state index contributed by atoms with van der Waals surface area (Å²) in [6.07, 6.45) is 57.9. The summed E-state index contributed by atoms with van der Waals surface area (Å²) in [5, 5.41) is 0. The first-order valence-electron chi connectivity index (χ1n) is 24.8. The van der Waals surface area contributed by atoms with Gasteiger partial charge < -0.3 is 14.2 Å². The molecule has 0 N–H and O–H groups in total. The van der Waals surface area contributed by atoms with E-state index in [-0.39, 0.29) is 37.5 Å². The molecule has 0 fully saturated rings. The second-order valence-corrected chi connectivity index (χ2v) is 16.4. The van der Waals surface area contributed by atoms with Gasteiger partial charge in [-0.1, -0.05) is 197 Å². The number of unbranched alkanes of at least 4 members (excludes halogenated alkanes) is 24. The Morgan fingerprint density at radius 2 is 0.712 bits per heavy atom. The van der Waals surface area contributed by atoms with E-state index in [1.165, 1.54) is 103 Å². The number of allylic oxidation sites excluding steroid dienone is 10. The van der Waals surface area contributed by atoms with Crippen LogP contribution >= 0.6 is 0 Å². The second kappa shape index (κ2) is 47.8. The third-order valence-corrected chi connectivity index (χ3v) is 10.5. The molecule has 0 heterocycles. The molecule has 0 bridgehead atoms. The van der Waals surface area contributed by atoms with Gasteiger partial charge in [-0.05, 0) is 83.5 Å². The van der Waals surface area contributed by atoms with Gasteiger partial charge >= 0.3 is 17.9 Å². The fourth-order valence-electron chi connectivity index (χ4n) is 6.70. The van der Waals surface area contributed by atoms with E-state index in [1.54, 1.807) is 0 Å². The highest BCUT2D eigenvalue weighted by Gasteiger charge is 2.19. The predicted octanol–water partition coefficient (Wildman–Crippen LogP) is 16.1. The molecule has 6 heteroatoms. The van der Waals surface area contributed by atoms with Gasteiger partial charge in [-0.3, -0.25) is 14.4 Å². The van der Waals surface area contributed by atoms with Crippen molar-refractivity contribution < 1.29 is 28.6 Å². The molecule has 6 nitrogen and oxygen atoms in total. The van der Waals surface area contributed by atoms with Crippen molar-refractivity contribution in [3.8, 4) is 0 Å². The van der Waals surface area contributed by atoms with Gasteiger partial charge in [0.15, 0.2) is 6.10 Å². The smallest absolute Gasteiger partial charge is 0.306 e. The van der Waals surface area contributed by atoms with Crippen molar-refractivity contribution in [1.29, 1.82) is 0 Å². The molecule has 0 amide bonds. The number of carbonyl (C=O) groups is 3. The van der Waals surface area contributed by atoms with Crippen LogP contribution in [-0.2, 0) is 28.6 Å². The van der Waals surface area contributed by atoms with E-state index in [0.717, 1.165) is 89.9 Å². The molecule has 340 valence electrons. The lowest BCUT2D eigenvalue weighted by atomic mass is 10.1. The summed E-state index contributed by atoms with van der Waals surface area (Å²) in [4.78, 5) is 37.8. The zero-order valence-corrected chi connectivity index (χ0v) is 38.8. The first kappa shape index (κ1) is 56.1. The van der Waals surface area contributed by atoms with Crippen LogP contribution in [0.2, 0.25) is 0 Å². The van der Waals surface area contributed by atoms with Crippen LogP contribution in [0.15, 0.2) is 60.8 Å². The van der Waals surface area contributed by atoms with Crippen LogP contribution in [0.5, 0.6) is 0 Å². The highest BCUT2D eigenvalue weighted by atomic mass is 16.6. The normalized spacial score (nSPS) is 12.5. The monoisotopic (exact) mass is 825 g/mol. The molecule has 0 aliphatic heterocycles. The minimum Gasteiger partial charge on any atom is -0.462 e. The van der Waals surface area contributed by atoms with Crippen molar-refractivity contribution in [1.82, 2.24) is 0 Å². The fourth-order valence-corrected chi connectivity index (χ4v) is 6.70. The van der Waals surface area contributed by atoms with Crippen LogP contribution in [0, 0.1) is 0 Å². The molecule has 1 atom stereocenters. The van der Waals surface area contributed by atoms with Gasteiger partial charge in [0.05, 0.1) is 0 Å². The lowest BCUT2D eigenvalue weighted by molar-refractivity contribution is -0.166. The van der Waals surface area contributed by atoms with Gasteiger partial charge in [0.1, 0.15) is 13.2 Å². The molecule has 0 aromatic carbocycles. The van der Waals surface area contributed by atoms with Crippen molar-refractivity contribution in [2.75, 3.05) is 13.2 Å². The van der Waals surface area contributed by atoms with Gasteiger partial charge in [-0.25, -0.2) is 0 Å². The maximum absolute atomic E-state index is 12.7. The number of esters is 3. The molecule has 0 spiro atoms.